The van der Waals surface area contributed by atoms with Crippen LogP contribution in [0.2, 0.25) is 0 Å². The molecule has 122 valence electrons. The van der Waals surface area contributed by atoms with E-state index in [0.717, 1.165) is 24.2 Å². The zero-order valence-corrected chi connectivity index (χ0v) is 13.5. The van der Waals surface area contributed by atoms with E-state index in [1.807, 2.05) is 29.2 Å². The average molecular weight is 314 g/mol. The number of likely N-dealkylation sites (tertiary alicyclic amines) is 1. The zero-order chi connectivity index (χ0) is 16.2. The number of carbonyl (C=O) groups is 1. The van der Waals surface area contributed by atoms with Crippen molar-refractivity contribution < 1.29 is 4.79 Å². The normalized spacial score (nSPS) is 21.2. The minimum atomic E-state index is 0.161. The standard InChI is InChI=1S/C16H22N6O/c1-12-4-3-5-13(2)22(12)16(23)10-17-14-6-8-15(9-7-14)21-11-18-19-20-21/h6-9,11-13,17H,3-5,10H2,1-2H3/t12-,13-/m1/s1. The number of nitrogens with zero attached hydrogens (tertiary/aromatic N) is 5. The highest BCUT2D eigenvalue weighted by molar-refractivity contribution is 5.81. The number of carbonyl (C=O) groups excluding carboxylic acids is 1. The Morgan fingerprint density at radius 3 is 2.52 bits per heavy atom. The highest BCUT2D eigenvalue weighted by Gasteiger charge is 2.28. The number of piperidine rings is 1. The Balaban J connectivity index is 1.58. The minimum Gasteiger partial charge on any atom is -0.376 e. The molecule has 0 saturated carbocycles. The van der Waals surface area contributed by atoms with Crippen molar-refractivity contribution in [3.05, 3.63) is 30.6 Å². The summed E-state index contributed by atoms with van der Waals surface area (Å²) in [7, 11) is 0. The van der Waals surface area contributed by atoms with Crippen molar-refractivity contribution in [1.29, 1.82) is 0 Å². The molecule has 0 bridgehead atoms. The quantitative estimate of drug-likeness (QED) is 0.932. The first-order valence-corrected chi connectivity index (χ1v) is 8.03. The second kappa shape index (κ2) is 6.76. The molecule has 1 aliphatic heterocycles. The lowest BCUT2D eigenvalue weighted by molar-refractivity contribution is -0.135. The first-order valence-electron chi connectivity index (χ1n) is 8.03. The summed E-state index contributed by atoms with van der Waals surface area (Å²) in [6.45, 7) is 4.59. The van der Waals surface area contributed by atoms with Gasteiger partial charge in [0.05, 0.1) is 12.2 Å². The molecule has 23 heavy (non-hydrogen) atoms. The van der Waals surface area contributed by atoms with Crippen molar-refractivity contribution in [3.63, 3.8) is 0 Å². The van der Waals surface area contributed by atoms with Crippen molar-refractivity contribution in [2.24, 2.45) is 0 Å². The molecule has 7 nitrogen and oxygen atoms in total. The van der Waals surface area contributed by atoms with E-state index in [2.05, 4.69) is 34.7 Å². The van der Waals surface area contributed by atoms with Crippen LogP contribution in [0.1, 0.15) is 33.1 Å². The summed E-state index contributed by atoms with van der Waals surface area (Å²) in [5, 5.41) is 14.3. The van der Waals surface area contributed by atoms with Crippen LogP contribution in [0, 0.1) is 0 Å². The van der Waals surface area contributed by atoms with Gasteiger partial charge in [-0.3, -0.25) is 4.79 Å². The lowest BCUT2D eigenvalue weighted by Gasteiger charge is -2.39. The zero-order valence-electron chi connectivity index (χ0n) is 13.5. The van der Waals surface area contributed by atoms with Gasteiger partial charge in [0.2, 0.25) is 5.91 Å². The van der Waals surface area contributed by atoms with E-state index in [-0.39, 0.29) is 5.91 Å². The Morgan fingerprint density at radius 1 is 1.22 bits per heavy atom. The Labute approximate surface area is 135 Å². The summed E-state index contributed by atoms with van der Waals surface area (Å²) >= 11 is 0. The van der Waals surface area contributed by atoms with Gasteiger partial charge in [-0.2, -0.15) is 0 Å². The molecule has 1 aromatic heterocycles. The van der Waals surface area contributed by atoms with Gasteiger partial charge < -0.3 is 10.2 Å². The first kappa shape index (κ1) is 15.5. The number of hydrogen-bond acceptors (Lipinski definition) is 5. The molecule has 1 amide bonds. The molecular formula is C16H22N6O. The van der Waals surface area contributed by atoms with Crippen LogP contribution < -0.4 is 5.32 Å². The molecule has 1 aliphatic rings. The van der Waals surface area contributed by atoms with E-state index < -0.39 is 0 Å². The molecule has 0 radical (unpaired) electrons. The number of benzene rings is 1. The molecule has 2 atom stereocenters. The van der Waals surface area contributed by atoms with Gasteiger partial charge in [0.15, 0.2) is 0 Å². The number of rotatable bonds is 4. The monoisotopic (exact) mass is 314 g/mol. The first-order chi connectivity index (χ1) is 11.1. The van der Waals surface area contributed by atoms with Gasteiger partial charge in [0.1, 0.15) is 6.33 Å². The van der Waals surface area contributed by atoms with Gasteiger partial charge >= 0.3 is 0 Å². The van der Waals surface area contributed by atoms with E-state index in [1.165, 1.54) is 6.42 Å². The fourth-order valence-corrected chi connectivity index (χ4v) is 3.19. The average Bonchev–Trinajstić information content (AvgIpc) is 3.08. The summed E-state index contributed by atoms with van der Waals surface area (Å²) in [4.78, 5) is 14.5. The van der Waals surface area contributed by atoms with E-state index in [9.17, 15) is 4.79 Å². The minimum absolute atomic E-state index is 0.161. The predicted octanol–water partition coefficient (Wildman–Crippen LogP) is 1.86. The molecule has 1 saturated heterocycles. The number of tetrazole rings is 1. The smallest absolute Gasteiger partial charge is 0.242 e. The van der Waals surface area contributed by atoms with Crippen molar-refractivity contribution in [3.8, 4) is 5.69 Å². The van der Waals surface area contributed by atoms with Crippen LogP contribution in [0.3, 0.4) is 0 Å². The highest BCUT2D eigenvalue weighted by atomic mass is 16.2. The van der Waals surface area contributed by atoms with Gasteiger partial charge in [-0.1, -0.05) is 0 Å². The largest absolute Gasteiger partial charge is 0.376 e. The van der Waals surface area contributed by atoms with Gasteiger partial charge in [-0.25, -0.2) is 4.68 Å². The van der Waals surface area contributed by atoms with Crippen molar-refractivity contribution >= 4 is 11.6 Å². The molecule has 0 unspecified atom stereocenters. The van der Waals surface area contributed by atoms with Gasteiger partial charge in [-0.05, 0) is 67.8 Å². The van der Waals surface area contributed by atoms with E-state index in [0.29, 0.717) is 18.6 Å². The molecule has 1 fully saturated rings. The Bertz CT molecular complexity index is 629. The molecule has 3 rings (SSSR count). The predicted molar refractivity (Wildman–Crippen MR) is 87.3 cm³/mol. The van der Waals surface area contributed by atoms with Gasteiger partial charge in [-0.15, -0.1) is 5.10 Å². The summed E-state index contributed by atoms with van der Waals surface area (Å²) in [5.74, 6) is 0.161. The summed E-state index contributed by atoms with van der Waals surface area (Å²) in [6.07, 6.45) is 4.94. The molecule has 2 aromatic rings. The van der Waals surface area contributed by atoms with Crippen LogP contribution in [-0.4, -0.2) is 49.6 Å². The van der Waals surface area contributed by atoms with E-state index in [4.69, 9.17) is 0 Å². The number of hydrogen-bond donors (Lipinski definition) is 1. The number of aromatic nitrogens is 4. The van der Waals surface area contributed by atoms with Crippen molar-refractivity contribution in [1.82, 2.24) is 25.1 Å². The summed E-state index contributed by atoms with van der Waals surface area (Å²) < 4.78 is 1.59. The van der Waals surface area contributed by atoms with Crippen LogP contribution in [0.25, 0.3) is 5.69 Å². The Morgan fingerprint density at radius 2 is 1.91 bits per heavy atom. The second-order valence-electron chi connectivity index (χ2n) is 6.08. The highest BCUT2D eigenvalue weighted by Crippen LogP contribution is 2.22. The lowest BCUT2D eigenvalue weighted by atomic mass is 9.97. The van der Waals surface area contributed by atoms with Gasteiger partial charge in [0, 0.05) is 17.8 Å². The maximum absolute atomic E-state index is 12.5. The van der Waals surface area contributed by atoms with Crippen LogP contribution in [0.5, 0.6) is 0 Å². The third-order valence-electron chi connectivity index (χ3n) is 4.41. The molecule has 0 spiro atoms. The molecule has 7 heteroatoms. The molecule has 2 heterocycles. The number of anilines is 1. The van der Waals surface area contributed by atoms with Crippen molar-refractivity contribution in [2.75, 3.05) is 11.9 Å². The van der Waals surface area contributed by atoms with Gasteiger partial charge in [0.25, 0.3) is 0 Å². The summed E-state index contributed by atoms with van der Waals surface area (Å²) in [5.41, 5.74) is 1.79. The lowest BCUT2D eigenvalue weighted by Crippen LogP contribution is -2.49. The maximum Gasteiger partial charge on any atom is 0.242 e. The van der Waals surface area contributed by atoms with Crippen LogP contribution >= 0.6 is 0 Å². The third kappa shape index (κ3) is 3.49. The summed E-state index contributed by atoms with van der Waals surface area (Å²) in [6, 6.07) is 8.33. The Kier molecular flexibility index (Phi) is 4.55. The van der Waals surface area contributed by atoms with E-state index >= 15 is 0 Å². The topological polar surface area (TPSA) is 75.9 Å². The molecule has 1 aromatic carbocycles. The number of amides is 1. The molecule has 1 N–H and O–H groups in total. The Hall–Kier alpha value is -2.44. The maximum atomic E-state index is 12.5. The second-order valence-corrected chi connectivity index (χ2v) is 6.08. The fraction of sp³-hybridized carbons (Fsp3) is 0.500. The third-order valence-corrected chi connectivity index (χ3v) is 4.41. The van der Waals surface area contributed by atoms with Crippen molar-refractivity contribution in [2.45, 2.75) is 45.2 Å². The molecule has 0 aliphatic carbocycles. The molecular weight excluding hydrogens is 292 g/mol. The van der Waals surface area contributed by atoms with Crippen LogP contribution in [-0.2, 0) is 4.79 Å². The van der Waals surface area contributed by atoms with Crippen LogP contribution in [0.15, 0.2) is 30.6 Å². The van der Waals surface area contributed by atoms with E-state index in [1.54, 1.807) is 11.0 Å². The fourth-order valence-electron chi connectivity index (χ4n) is 3.19. The van der Waals surface area contributed by atoms with Crippen LogP contribution in [0.4, 0.5) is 5.69 Å². The SMILES string of the molecule is C[C@@H]1CCC[C@@H](C)N1C(=O)CNc1ccc(-n2cnnn2)cc1. The number of nitrogens with one attached hydrogen (secondary N) is 1.